The molecule has 24 heavy (non-hydrogen) atoms. The fraction of sp³-hybridized carbons (Fsp3) is 0.167. The Kier molecular flexibility index (Phi) is 3.54. The van der Waals surface area contributed by atoms with E-state index in [0.29, 0.717) is 11.9 Å². The SMILES string of the molecule is Cc1noc(C)c1Cn1cnc2sc(-c3ccccc3)cc2c1=O. The van der Waals surface area contributed by atoms with E-state index in [4.69, 9.17) is 4.52 Å². The lowest BCUT2D eigenvalue weighted by atomic mass is 10.2. The van der Waals surface area contributed by atoms with Crippen molar-refractivity contribution in [2.75, 3.05) is 0 Å². The Hall–Kier alpha value is -2.73. The molecule has 0 saturated heterocycles. The number of aromatic nitrogens is 3. The van der Waals surface area contributed by atoms with Gasteiger partial charge in [-0.1, -0.05) is 35.5 Å². The Labute approximate surface area is 142 Å². The molecule has 0 saturated carbocycles. The second-order valence-electron chi connectivity index (χ2n) is 5.68. The molecule has 0 atom stereocenters. The summed E-state index contributed by atoms with van der Waals surface area (Å²) in [5.74, 6) is 0.731. The molecule has 0 spiro atoms. The van der Waals surface area contributed by atoms with E-state index in [1.165, 1.54) is 11.3 Å². The minimum absolute atomic E-state index is 0.0431. The van der Waals surface area contributed by atoms with E-state index < -0.39 is 0 Å². The summed E-state index contributed by atoms with van der Waals surface area (Å²) in [5.41, 5.74) is 2.78. The normalized spacial score (nSPS) is 11.2. The van der Waals surface area contributed by atoms with Crippen LogP contribution in [0.25, 0.3) is 20.7 Å². The molecular weight excluding hydrogens is 322 g/mol. The minimum atomic E-state index is -0.0431. The Balaban J connectivity index is 1.80. The number of aryl methyl sites for hydroxylation is 2. The van der Waals surface area contributed by atoms with Crippen LogP contribution in [0.2, 0.25) is 0 Å². The number of hydrogen-bond donors (Lipinski definition) is 0. The lowest BCUT2D eigenvalue weighted by Crippen LogP contribution is -2.20. The topological polar surface area (TPSA) is 60.9 Å². The van der Waals surface area contributed by atoms with E-state index >= 15 is 0 Å². The zero-order valence-corrected chi connectivity index (χ0v) is 14.1. The van der Waals surface area contributed by atoms with Gasteiger partial charge in [0.25, 0.3) is 5.56 Å². The van der Waals surface area contributed by atoms with Gasteiger partial charge in [-0.2, -0.15) is 0 Å². The van der Waals surface area contributed by atoms with Crippen molar-refractivity contribution >= 4 is 21.6 Å². The number of hydrogen-bond acceptors (Lipinski definition) is 5. The first-order valence-corrected chi connectivity index (χ1v) is 8.41. The van der Waals surface area contributed by atoms with Crippen molar-refractivity contribution in [2.24, 2.45) is 0 Å². The first kappa shape index (κ1) is 14.8. The monoisotopic (exact) mass is 337 g/mol. The van der Waals surface area contributed by atoms with Crippen LogP contribution in [0, 0.1) is 13.8 Å². The van der Waals surface area contributed by atoms with Gasteiger partial charge in [-0.15, -0.1) is 11.3 Å². The number of thiophene rings is 1. The van der Waals surface area contributed by atoms with Crippen LogP contribution in [0.15, 0.2) is 52.0 Å². The molecule has 0 aliphatic carbocycles. The predicted molar refractivity (Wildman–Crippen MR) is 94.4 cm³/mol. The van der Waals surface area contributed by atoms with Gasteiger partial charge < -0.3 is 4.52 Å². The predicted octanol–water partition coefficient (Wildman–Crippen LogP) is 3.78. The number of fused-ring (bicyclic) bond motifs is 1. The molecular formula is C18H15N3O2S. The molecule has 0 N–H and O–H groups in total. The van der Waals surface area contributed by atoms with Gasteiger partial charge in [-0.05, 0) is 25.5 Å². The third kappa shape index (κ3) is 2.45. The summed E-state index contributed by atoms with van der Waals surface area (Å²) >= 11 is 1.53. The highest BCUT2D eigenvalue weighted by atomic mass is 32.1. The highest BCUT2D eigenvalue weighted by molar-refractivity contribution is 7.21. The molecule has 0 amide bonds. The van der Waals surface area contributed by atoms with Crippen LogP contribution in [-0.2, 0) is 6.54 Å². The van der Waals surface area contributed by atoms with Gasteiger partial charge in [0.2, 0.25) is 0 Å². The molecule has 0 radical (unpaired) electrons. The van der Waals surface area contributed by atoms with Crippen molar-refractivity contribution < 1.29 is 4.52 Å². The summed E-state index contributed by atoms with van der Waals surface area (Å²) < 4.78 is 6.78. The fourth-order valence-corrected chi connectivity index (χ4v) is 3.71. The van der Waals surface area contributed by atoms with E-state index in [1.807, 2.05) is 50.2 Å². The maximum absolute atomic E-state index is 12.8. The van der Waals surface area contributed by atoms with Crippen molar-refractivity contribution in [3.8, 4) is 10.4 Å². The Morgan fingerprint density at radius 1 is 1.21 bits per heavy atom. The molecule has 0 fully saturated rings. The largest absolute Gasteiger partial charge is 0.361 e. The van der Waals surface area contributed by atoms with Crippen molar-refractivity contribution in [2.45, 2.75) is 20.4 Å². The summed E-state index contributed by atoms with van der Waals surface area (Å²) in [6.45, 7) is 4.14. The van der Waals surface area contributed by atoms with Crippen molar-refractivity contribution in [1.82, 2.24) is 14.7 Å². The van der Waals surface area contributed by atoms with Crippen LogP contribution in [-0.4, -0.2) is 14.7 Å². The highest BCUT2D eigenvalue weighted by Gasteiger charge is 2.14. The van der Waals surface area contributed by atoms with Crippen LogP contribution < -0.4 is 5.56 Å². The molecule has 0 aliphatic rings. The smallest absolute Gasteiger partial charge is 0.262 e. The van der Waals surface area contributed by atoms with Gasteiger partial charge >= 0.3 is 0 Å². The fourth-order valence-electron chi connectivity index (χ4n) is 2.72. The maximum Gasteiger partial charge on any atom is 0.262 e. The number of rotatable bonds is 3. The first-order chi connectivity index (χ1) is 11.6. The lowest BCUT2D eigenvalue weighted by Gasteiger charge is -2.04. The van der Waals surface area contributed by atoms with Crippen LogP contribution in [0.5, 0.6) is 0 Å². The molecule has 0 bridgehead atoms. The molecule has 5 nitrogen and oxygen atoms in total. The molecule has 4 rings (SSSR count). The average molecular weight is 337 g/mol. The van der Waals surface area contributed by atoms with Crippen LogP contribution in [0.1, 0.15) is 17.0 Å². The van der Waals surface area contributed by atoms with E-state index in [2.05, 4.69) is 10.1 Å². The van der Waals surface area contributed by atoms with Gasteiger partial charge in [-0.3, -0.25) is 9.36 Å². The zero-order chi connectivity index (χ0) is 16.7. The molecule has 0 unspecified atom stereocenters. The van der Waals surface area contributed by atoms with Crippen LogP contribution >= 0.6 is 11.3 Å². The maximum atomic E-state index is 12.8. The van der Waals surface area contributed by atoms with E-state index in [1.54, 1.807) is 10.9 Å². The summed E-state index contributed by atoms with van der Waals surface area (Å²) in [5, 5.41) is 4.59. The second-order valence-corrected chi connectivity index (χ2v) is 6.71. The Morgan fingerprint density at radius 3 is 2.71 bits per heavy atom. The van der Waals surface area contributed by atoms with Crippen molar-refractivity contribution in [1.29, 1.82) is 0 Å². The molecule has 3 heterocycles. The molecule has 1 aromatic carbocycles. The van der Waals surface area contributed by atoms with Gasteiger partial charge in [0.05, 0.1) is 24.0 Å². The zero-order valence-electron chi connectivity index (χ0n) is 13.3. The van der Waals surface area contributed by atoms with Gasteiger partial charge in [-0.25, -0.2) is 4.98 Å². The summed E-state index contributed by atoms with van der Waals surface area (Å²) in [6.07, 6.45) is 1.60. The molecule has 0 aliphatic heterocycles. The van der Waals surface area contributed by atoms with Crippen LogP contribution in [0.4, 0.5) is 0 Å². The quantitative estimate of drug-likeness (QED) is 0.571. The second kappa shape index (κ2) is 5.72. The molecule has 120 valence electrons. The molecule has 4 aromatic rings. The Morgan fingerprint density at radius 2 is 2.00 bits per heavy atom. The van der Waals surface area contributed by atoms with E-state index in [9.17, 15) is 4.79 Å². The van der Waals surface area contributed by atoms with Gasteiger partial charge in [0.1, 0.15) is 10.6 Å². The Bertz CT molecular complexity index is 1060. The lowest BCUT2D eigenvalue weighted by molar-refractivity contribution is 0.392. The van der Waals surface area contributed by atoms with Gasteiger partial charge in [0, 0.05) is 10.4 Å². The third-order valence-corrected chi connectivity index (χ3v) is 5.18. The van der Waals surface area contributed by atoms with Crippen molar-refractivity contribution in [3.05, 3.63) is 70.1 Å². The number of nitrogens with zero attached hydrogens (tertiary/aromatic N) is 3. The van der Waals surface area contributed by atoms with Crippen LogP contribution in [0.3, 0.4) is 0 Å². The average Bonchev–Trinajstić information content (AvgIpc) is 3.17. The molecule has 6 heteroatoms. The van der Waals surface area contributed by atoms with Gasteiger partial charge in [0.15, 0.2) is 0 Å². The van der Waals surface area contributed by atoms with E-state index in [0.717, 1.165) is 32.3 Å². The first-order valence-electron chi connectivity index (χ1n) is 7.59. The third-order valence-electron chi connectivity index (χ3n) is 4.09. The standard InChI is InChI=1S/C18H15N3O2S/c1-11-15(12(2)23-20-11)9-21-10-19-17-14(18(21)22)8-16(24-17)13-6-4-3-5-7-13/h3-8,10H,9H2,1-2H3. The van der Waals surface area contributed by atoms with E-state index in [-0.39, 0.29) is 5.56 Å². The summed E-state index contributed by atoms with van der Waals surface area (Å²) in [4.78, 5) is 19.1. The van der Waals surface area contributed by atoms with Crippen molar-refractivity contribution in [3.63, 3.8) is 0 Å². The molecule has 3 aromatic heterocycles. The summed E-state index contributed by atoms with van der Waals surface area (Å²) in [7, 11) is 0. The number of benzene rings is 1. The summed E-state index contributed by atoms with van der Waals surface area (Å²) in [6, 6.07) is 12.0. The highest BCUT2D eigenvalue weighted by Crippen LogP contribution is 2.30. The minimum Gasteiger partial charge on any atom is -0.361 e.